The van der Waals surface area contributed by atoms with Gasteiger partial charge in [-0.1, -0.05) is 12.1 Å². The highest BCUT2D eigenvalue weighted by Gasteiger charge is 2.35. The summed E-state index contributed by atoms with van der Waals surface area (Å²) in [6.45, 7) is 8.39. The number of benzene rings is 1. The molecule has 2 heterocycles. The van der Waals surface area contributed by atoms with E-state index in [9.17, 15) is 0 Å². The SMILES string of the molecule is CN1CCC2=NNC(c3ccc(OC(C)(C)C)cc3)C2C1. The van der Waals surface area contributed by atoms with Gasteiger partial charge in [-0.15, -0.1) is 0 Å². The van der Waals surface area contributed by atoms with Gasteiger partial charge in [-0.25, -0.2) is 0 Å². The number of hydrazone groups is 1. The van der Waals surface area contributed by atoms with Gasteiger partial charge in [0.05, 0.1) is 6.04 Å². The Morgan fingerprint density at radius 3 is 2.62 bits per heavy atom. The molecule has 0 amide bonds. The van der Waals surface area contributed by atoms with Crippen LogP contribution in [0.2, 0.25) is 0 Å². The smallest absolute Gasteiger partial charge is 0.120 e. The lowest BCUT2D eigenvalue weighted by molar-refractivity contribution is 0.131. The molecule has 114 valence electrons. The Hall–Kier alpha value is -1.55. The molecule has 1 aromatic rings. The second-order valence-electron chi connectivity index (χ2n) is 7.11. The van der Waals surface area contributed by atoms with Crippen LogP contribution in [0.3, 0.4) is 0 Å². The largest absolute Gasteiger partial charge is 0.488 e. The average Bonchev–Trinajstić information content (AvgIpc) is 2.81. The Balaban J connectivity index is 1.73. The molecule has 21 heavy (non-hydrogen) atoms. The first-order chi connectivity index (χ1) is 9.92. The minimum Gasteiger partial charge on any atom is -0.488 e. The number of hydrogen-bond donors (Lipinski definition) is 1. The zero-order valence-electron chi connectivity index (χ0n) is 13.4. The highest BCUT2D eigenvalue weighted by Crippen LogP contribution is 2.33. The molecule has 1 N–H and O–H groups in total. The van der Waals surface area contributed by atoms with E-state index in [0.717, 1.165) is 25.3 Å². The van der Waals surface area contributed by atoms with Crippen LogP contribution in [0.25, 0.3) is 0 Å². The standard InChI is InChI=1S/C17H25N3O/c1-17(2,3)21-13-7-5-12(6-8-13)16-14-11-20(4)10-9-15(14)18-19-16/h5-8,14,16,19H,9-11H2,1-4H3. The van der Waals surface area contributed by atoms with Crippen LogP contribution in [-0.2, 0) is 0 Å². The predicted octanol–water partition coefficient (Wildman–Crippen LogP) is 2.82. The lowest BCUT2D eigenvalue weighted by atomic mass is 9.86. The van der Waals surface area contributed by atoms with Crippen molar-refractivity contribution in [1.82, 2.24) is 10.3 Å². The zero-order chi connectivity index (χ0) is 15.0. The zero-order valence-corrected chi connectivity index (χ0v) is 13.4. The van der Waals surface area contributed by atoms with Crippen LogP contribution < -0.4 is 10.2 Å². The van der Waals surface area contributed by atoms with Crippen molar-refractivity contribution in [2.24, 2.45) is 11.0 Å². The van der Waals surface area contributed by atoms with Crippen molar-refractivity contribution in [1.29, 1.82) is 0 Å². The van der Waals surface area contributed by atoms with E-state index in [1.807, 2.05) is 0 Å². The van der Waals surface area contributed by atoms with Crippen molar-refractivity contribution in [2.75, 3.05) is 20.1 Å². The number of likely N-dealkylation sites (tertiary alicyclic amines) is 1. The number of hydrogen-bond acceptors (Lipinski definition) is 4. The first-order valence-electron chi connectivity index (χ1n) is 7.72. The molecular weight excluding hydrogens is 262 g/mol. The summed E-state index contributed by atoms with van der Waals surface area (Å²) < 4.78 is 5.89. The maximum atomic E-state index is 5.89. The summed E-state index contributed by atoms with van der Waals surface area (Å²) >= 11 is 0. The molecule has 1 saturated heterocycles. The van der Waals surface area contributed by atoms with Crippen LogP contribution in [0, 0.1) is 5.92 Å². The van der Waals surface area contributed by atoms with Gasteiger partial charge < -0.3 is 15.1 Å². The normalized spacial score (nSPS) is 26.0. The highest BCUT2D eigenvalue weighted by molar-refractivity contribution is 5.89. The molecule has 4 nitrogen and oxygen atoms in total. The fourth-order valence-electron chi connectivity index (χ4n) is 3.11. The lowest BCUT2D eigenvalue weighted by Crippen LogP contribution is -2.39. The average molecular weight is 287 g/mol. The van der Waals surface area contributed by atoms with Crippen LogP contribution in [0.15, 0.2) is 29.4 Å². The number of ether oxygens (including phenoxy) is 1. The van der Waals surface area contributed by atoms with E-state index in [1.54, 1.807) is 0 Å². The Bertz CT molecular complexity index is 530. The van der Waals surface area contributed by atoms with Gasteiger partial charge in [0.25, 0.3) is 0 Å². The van der Waals surface area contributed by atoms with Gasteiger partial charge in [0.2, 0.25) is 0 Å². The second kappa shape index (κ2) is 5.34. The second-order valence-corrected chi connectivity index (χ2v) is 7.11. The van der Waals surface area contributed by atoms with Gasteiger partial charge in [0.15, 0.2) is 0 Å². The summed E-state index contributed by atoms with van der Waals surface area (Å²) in [6, 6.07) is 8.74. The molecule has 1 aromatic carbocycles. The lowest BCUT2D eigenvalue weighted by Gasteiger charge is -2.31. The molecule has 4 heteroatoms. The molecular formula is C17H25N3O. The fourth-order valence-corrected chi connectivity index (χ4v) is 3.11. The van der Waals surface area contributed by atoms with Crippen molar-refractivity contribution < 1.29 is 4.74 Å². The van der Waals surface area contributed by atoms with Crippen molar-refractivity contribution >= 4 is 5.71 Å². The summed E-state index contributed by atoms with van der Waals surface area (Å²) in [5.74, 6) is 1.42. The van der Waals surface area contributed by atoms with E-state index in [1.165, 1.54) is 11.3 Å². The first-order valence-corrected chi connectivity index (χ1v) is 7.72. The first kappa shape index (κ1) is 14.4. The summed E-state index contributed by atoms with van der Waals surface area (Å²) in [6.07, 6.45) is 1.08. The molecule has 0 bridgehead atoms. The number of nitrogens with zero attached hydrogens (tertiary/aromatic N) is 2. The Morgan fingerprint density at radius 1 is 1.24 bits per heavy atom. The van der Waals surface area contributed by atoms with Gasteiger partial charge in [0.1, 0.15) is 11.4 Å². The maximum Gasteiger partial charge on any atom is 0.120 e. The van der Waals surface area contributed by atoms with E-state index < -0.39 is 0 Å². The third-order valence-corrected chi connectivity index (χ3v) is 4.10. The van der Waals surface area contributed by atoms with Crippen LogP contribution in [0.1, 0.15) is 38.8 Å². The predicted molar refractivity (Wildman–Crippen MR) is 85.7 cm³/mol. The third kappa shape index (κ3) is 3.21. The Morgan fingerprint density at radius 2 is 1.95 bits per heavy atom. The summed E-state index contributed by atoms with van der Waals surface area (Å²) in [7, 11) is 2.19. The quantitative estimate of drug-likeness (QED) is 0.909. The number of piperidine rings is 1. The van der Waals surface area contributed by atoms with E-state index in [-0.39, 0.29) is 5.60 Å². The van der Waals surface area contributed by atoms with E-state index in [0.29, 0.717) is 12.0 Å². The van der Waals surface area contributed by atoms with Crippen molar-refractivity contribution in [3.63, 3.8) is 0 Å². The van der Waals surface area contributed by atoms with E-state index in [2.05, 4.69) is 67.5 Å². The van der Waals surface area contributed by atoms with Crippen LogP contribution >= 0.6 is 0 Å². The minimum atomic E-state index is -0.157. The van der Waals surface area contributed by atoms with Crippen LogP contribution in [0.4, 0.5) is 0 Å². The highest BCUT2D eigenvalue weighted by atomic mass is 16.5. The van der Waals surface area contributed by atoms with E-state index in [4.69, 9.17) is 4.74 Å². The molecule has 0 radical (unpaired) electrons. The summed E-state index contributed by atoms with van der Waals surface area (Å²) in [5.41, 5.74) is 5.78. The molecule has 1 fully saturated rings. The number of rotatable bonds is 2. The van der Waals surface area contributed by atoms with Gasteiger partial charge in [-0.3, -0.25) is 0 Å². The third-order valence-electron chi connectivity index (χ3n) is 4.10. The minimum absolute atomic E-state index is 0.157. The topological polar surface area (TPSA) is 36.9 Å². The van der Waals surface area contributed by atoms with Gasteiger partial charge >= 0.3 is 0 Å². The molecule has 0 saturated carbocycles. The van der Waals surface area contributed by atoms with Gasteiger partial charge in [-0.2, -0.15) is 5.10 Å². The molecule has 2 atom stereocenters. The monoisotopic (exact) mass is 287 g/mol. The Kier molecular flexibility index (Phi) is 3.66. The molecule has 2 aliphatic rings. The van der Waals surface area contributed by atoms with Crippen molar-refractivity contribution in [3.05, 3.63) is 29.8 Å². The number of nitrogens with one attached hydrogen (secondary N) is 1. The molecule has 0 aromatic heterocycles. The summed E-state index contributed by atoms with van der Waals surface area (Å²) in [5, 5.41) is 4.54. The molecule has 2 aliphatic heterocycles. The fraction of sp³-hybridized carbons (Fsp3) is 0.588. The number of fused-ring (bicyclic) bond motifs is 1. The molecule has 0 spiro atoms. The van der Waals surface area contributed by atoms with Crippen LogP contribution in [0.5, 0.6) is 5.75 Å². The Labute approximate surface area is 127 Å². The molecule has 2 unspecified atom stereocenters. The van der Waals surface area contributed by atoms with Gasteiger partial charge in [0, 0.05) is 31.1 Å². The van der Waals surface area contributed by atoms with Crippen molar-refractivity contribution in [3.8, 4) is 5.75 Å². The molecule has 0 aliphatic carbocycles. The van der Waals surface area contributed by atoms with Crippen molar-refractivity contribution in [2.45, 2.75) is 38.8 Å². The molecule has 3 rings (SSSR count). The maximum absolute atomic E-state index is 5.89. The van der Waals surface area contributed by atoms with Crippen LogP contribution in [-0.4, -0.2) is 36.3 Å². The van der Waals surface area contributed by atoms with Gasteiger partial charge in [-0.05, 0) is 45.5 Å². The summed E-state index contributed by atoms with van der Waals surface area (Å²) in [4.78, 5) is 2.39. The van der Waals surface area contributed by atoms with E-state index >= 15 is 0 Å².